The van der Waals surface area contributed by atoms with Crippen molar-refractivity contribution in [3.63, 3.8) is 0 Å². The third-order valence-electron chi connectivity index (χ3n) is 3.06. The second-order valence-electron chi connectivity index (χ2n) is 4.68. The van der Waals surface area contributed by atoms with Gasteiger partial charge in [0.05, 0.1) is 12.5 Å². The van der Waals surface area contributed by atoms with Crippen LogP contribution in [-0.2, 0) is 16.0 Å². The molecule has 0 saturated heterocycles. The summed E-state index contributed by atoms with van der Waals surface area (Å²) in [4.78, 5) is 12.0. The highest BCUT2D eigenvalue weighted by molar-refractivity contribution is 5.79. The Labute approximate surface area is 107 Å². The zero-order valence-corrected chi connectivity index (χ0v) is 10.8. The van der Waals surface area contributed by atoms with Crippen LogP contribution in [0.5, 0.6) is 5.75 Å². The molecular weight excluding hydrogens is 230 g/mol. The van der Waals surface area contributed by atoms with Gasteiger partial charge < -0.3 is 14.8 Å². The van der Waals surface area contributed by atoms with Crippen molar-refractivity contribution in [2.45, 2.75) is 19.4 Å². The summed E-state index contributed by atoms with van der Waals surface area (Å²) < 4.78 is 10.6. The topological polar surface area (TPSA) is 47.6 Å². The third-order valence-corrected chi connectivity index (χ3v) is 3.06. The van der Waals surface area contributed by atoms with Gasteiger partial charge in [-0.1, -0.05) is 18.2 Å². The number of ether oxygens (including phenoxy) is 2. The second kappa shape index (κ2) is 5.87. The standard InChI is InChI=1S/C14H19NO3/c1-10(8-17-2)15-14(16)12-7-11-5-3-4-6-13(11)18-9-12/h3-6,10,12H,7-9H2,1-2H3,(H,15,16)/t10-,12+/m1/s1. The van der Waals surface area contributed by atoms with Gasteiger partial charge in [0, 0.05) is 13.2 Å². The van der Waals surface area contributed by atoms with Crippen molar-refractivity contribution in [1.29, 1.82) is 0 Å². The average molecular weight is 249 g/mol. The molecule has 0 spiro atoms. The van der Waals surface area contributed by atoms with E-state index in [-0.39, 0.29) is 17.9 Å². The minimum atomic E-state index is -0.112. The summed E-state index contributed by atoms with van der Waals surface area (Å²) in [7, 11) is 1.63. The van der Waals surface area contributed by atoms with Gasteiger partial charge in [-0.25, -0.2) is 0 Å². The van der Waals surface area contributed by atoms with Crippen LogP contribution in [0, 0.1) is 5.92 Å². The lowest BCUT2D eigenvalue weighted by Crippen LogP contribution is -2.43. The van der Waals surface area contributed by atoms with E-state index in [9.17, 15) is 4.79 Å². The van der Waals surface area contributed by atoms with Crippen molar-refractivity contribution in [2.24, 2.45) is 5.92 Å². The number of methoxy groups -OCH3 is 1. The zero-order valence-electron chi connectivity index (χ0n) is 10.8. The minimum absolute atomic E-state index is 0.0275. The van der Waals surface area contributed by atoms with Gasteiger partial charge in [0.15, 0.2) is 0 Å². The van der Waals surface area contributed by atoms with Gasteiger partial charge in [0.2, 0.25) is 5.91 Å². The van der Waals surface area contributed by atoms with Crippen molar-refractivity contribution in [3.8, 4) is 5.75 Å². The molecule has 1 aliphatic rings. The second-order valence-corrected chi connectivity index (χ2v) is 4.68. The van der Waals surface area contributed by atoms with E-state index in [4.69, 9.17) is 9.47 Å². The van der Waals surface area contributed by atoms with E-state index in [1.165, 1.54) is 0 Å². The Balaban J connectivity index is 1.94. The zero-order chi connectivity index (χ0) is 13.0. The van der Waals surface area contributed by atoms with E-state index in [1.54, 1.807) is 7.11 Å². The highest BCUT2D eigenvalue weighted by Gasteiger charge is 2.26. The van der Waals surface area contributed by atoms with Gasteiger partial charge in [-0.3, -0.25) is 4.79 Å². The molecule has 0 unspecified atom stereocenters. The highest BCUT2D eigenvalue weighted by atomic mass is 16.5. The van der Waals surface area contributed by atoms with Crippen molar-refractivity contribution >= 4 is 5.91 Å². The first-order valence-electron chi connectivity index (χ1n) is 6.20. The first kappa shape index (κ1) is 12.9. The van der Waals surface area contributed by atoms with Crippen LogP contribution >= 0.6 is 0 Å². The molecule has 1 N–H and O–H groups in total. The number of carbonyl (C=O) groups is 1. The average Bonchev–Trinajstić information content (AvgIpc) is 2.38. The first-order chi connectivity index (χ1) is 8.70. The molecule has 0 aliphatic carbocycles. The van der Waals surface area contributed by atoms with E-state index in [2.05, 4.69) is 5.32 Å². The fraction of sp³-hybridized carbons (Fsp3) is 0.500. The number of nitrogens with one attached hydrogen (secondary N) is 1. The smallest absolute Gasteiger partial charge is 0.227 e. The minimum Gasteiger partial charge on any atom is -0.492 e. The number of hydrogen-bond acceptors (Lipinski definition) is 3. The predicted molar refractivity (Wildman–Crippen MR) is 68.6 cm³/mol. The summed E-state index contributed by atoms with van der Waals surface area (Å²) >= 11 is 0. The van der Waals surface area contributed by atoms with Crippen molar-refractivity contribution < 1.29 is 14.3 Å². The number of benzene rings is 1. The van der Waals surface area contributed by atoms with Crippen LogP contribution in [0.2, 0.25) is 0 Å². The van der Waals surface area contributed by atoms with Crippen LogP contribution < -0.4 is 10.1 Å². The molecule has 2 atom stereocenters. The third kappa shape index (κ3) is 3.01. The maximum absolute atomic E-state index is 12.0. The Hall–Kier alpha value is -1.55. The Bertz CT molecular complexity index is 419. The number of fused-ring (bicyclic) bond motifs is 1. The Morgan fingerprint density at radius 3 is 3.11 bits per heavy atom. The van der Waals surface area contributed by atoms with Crippen molar-refractivity contribution in [1.82, 2.24) is 5.32 Å². The molecule has 0 aromatic heterocycles. The van der Waals surface area contributed by atoms with Gasteiger partial charge in [0.1, 0.15) is 12.4 Å². The summed E-state index contributed by atoms with van der Waals surface area (Å²) in [6, 6.07) is 7.89. The maximum Gasteiger partial charge on any atom is 0.227 e. The van der Waals surface area contributed by atoms with E-state index < -0.39 is 0 Å². The van der Waals surface area contributed by atoms with Crippen LogP contribution in [0.3, 0.4) is 0 Å². The molecule has 1 aliphatic heterocycles. The molecule has 0 fully saturated rings. The van der Waals surface area contributed by atoms with Gasteiger partial charge in [-0.2, -0.15) is 0 Å². The number of amides is 1. The molecule has 2 rings (SSSR count). The number of para-hydroxylation sites is 1. The largest absolute Gasteiger partial charge is 0.492 e. The molecule has 1 aromatic rings. The van der Waals surface area contributed by atoms with E-state index in [0.717, 1.165) is 17.7 Å². The molecule has 18 heavy (non-hydrogen) atoms. The van der Waals surface area contributed by atoms with Crippen LogP contribution in [0.15, 0.2) is 24.3 Å². The van der Waals surface area contributed by atoms with Crippen molar-refractivity contribution in [2.75, 3.05) is 20.3 Å². The molecule has 4 nitrogen and oxygen atoms in total. The molecular formula is C14H19NO3. The SMILES string of the molecule is COC[C@@H](C)NC(=O)[C@@H]1COc2ccccc2C1. The molecule has 98 valence electrons. The van der Waals surface area contributed by atoms with Gasteiger partial charge >= 0.3 is 0 Å². The van der Waals surface area contributed by atoms with Crippen LogP contribution in [0.25, 0.3) is 0 Å². The van der Waals surface area contributed by atoms with Crippen LogP contribution in [-0.4, -0.2) is 32.3 Å². The molecule has 0 saturated carbocycles. The molecule has 0 bridgehead atoms. The summed E-state index contributed by atoms with van der Waals surface area (Å²) in [5.74, 6) is 0.819. The highest BCUT2D eigenvalue weighted by Crippen LogP contribution is 2.26. The molecule has 4 heteroatoms. The number of rotatable bonds is 4. The van der Waals surface area contributed by atoms with Gasteiger partial charge in [0.25, 0.3) is 0 Å². The summed E-state index contributed by atoms with van der Waals surface area (Å²) in [5.41, 5.74) is 1.10. The quantitative estimate of drug-likeness (QED) is 0.877. The lowest BCUT2D eigenvalue weighted by molar-refractivity contribution is -0.127. The lowest BCUT2D eigenvalue weighted by atomic mass is 9.96. The predicted octanol–water partition coefficient (Wildman–Crippen LogP) is 1.39. The van der Waals surface area contributed by atoms with Crippen LogP contribution in [0.1, 0.15) is 12.5 Å². The monoisotopic (exact) mass is 249 g/mol. The van der Waals surface area contributed by atoms with E-state index in [0.29, 0.717) is 13.2 Å². The molecule has 1 heterocycles. The Kier molecular flexibility index (Phi) is 4.20. The van der Waals surface area contributed by atoms with E-state index in [1.807, 2.05) is 31.2 Å². The summed E-state index contributed by atoms with van der Waals surface area (Å²) in [6.45, 7) is 2.90. The molecule has 1 aromatic carbocycles. The summed E-state index contributed by atoms with van der Waals surface area (Å²) in [6.07, 6.45) is 0.738. The summed E-state index contributed by atoms with van der Waals surface area (Å²) in [5, 5.41) is 2.94. The van der Waals surface area contributed by atoms with Gasteiger partial charge in [-0.05, 0) is 25.0 Å². The first-order valence-corrected chi connectivity index (χ1v) is 6.20. The molecule has 0 radical (unpaired) electrons. The van der Waals surface area contributed by atoms with Crippen LogP contribution in [0.4, 0.5) is 0 Å². The fourth-order valence-electron chi connectivity index (χ4n) is 2.15. The van der Waals surface area contributed by atoms with Gasteiger partial charge in [-0.15, -0.1) is 0 Å². The lowest BCUT2D eigenvalue weighted by Gasteiger charge is -2.25. The molecule has 1 amide bonds. The Morgan fingerprint density at radius 2 is 2.33 bits per heavy atom. The fourth-order valence-corrected chi connectivity index (χ4v) is 2.15. The normalized spacial score (nSPS) is 19.6. The maximum atomic E-state index is 12.0. The Morgan fingerprint density at radius 1 is 1.56 bits per heavy atom. The van der Waals surface area contributed by atoms with E-state index >= 15 is 0 Å². The number of hydrogen-bond donors (Lipinski definition) is 1. The van der Waals surface area contributed by atoms with Crippen molar-refractivity contribution in [3.05, 3.63) is 29.8 Å². The number of carbonyl (C=O) groups excluding carboxylic acids is 1.